The number of anilines is 1. The van der Waals surface area contributed by atoms with E-state index in [4.69, 9.17) is 4.74 Å². The molecule has 2 aromatic rings. The van der Waals surface area contributed by atoms with Gasteiger partial charge in [0.25, 0.3) is 0 Å². The molecule has 0 bridgehead atoms. The molecule has 1 aliphatic heterocycles. The van der Waals surface area contributed by atoms with E-state index in [-0.39, 0.29) is 16.9 Å². The monoisotopic (exact) mass is 390 g/mol. The number of aromatic nitrogens is 2. The van der Waals surface area contributed by atoms with Crippen molar-refractivity contribution in [2.75, 3.05) is 18.4 Å². The zero-order valence-corrected chi connectivity index (χ0v) is 16.1. The quantitative estimate of drug-likeness (QED) is 0.838. The SMILES string of the molecule is CC(=O)Nc1ccc(S(=O)(=O)N2CCC(Oc3ccncn3)CC2)c(C)c1. The van der Waals surface area contributed by atoms with Gasteiger partial charge in [0.05, 0.1) is 4.90 Å². The molecule has 1 N–H and O–H groups in total. The van der Waals surface area contributed by atoms with Crippen LogP contribution in [0.25, 0.3) is 0 Å². The molecule has 0 spiro atoms. The zero-order chi connectivity index (χ0) is 19.4. The Balaban J connectivity index is 1.67. The van der Waals surface area contributed by atoms with Crippen molar-refractivity contribution >= 4 is 21.6 Å². The fourth-order valence-electron chi connectivity index (χ4n) is 3.07. The highest BCUT2D eigenvalue weighted by molar-refractivity contribution is 7.89. The maximum Gasteiger partial charge on any atom is 0.243 e. The molecule has 0 radical (unpaired) electrons. The number of amides is 1. The minimum atomic E-state index is -3.59. The summed E-state index contributed by atoms with van der Waals surface area (Å²) >= 11 is 0. The van der Waals surface area contributed by atoms with Gasteiger partial charge in [-0.2, -0.15) is 4.31 Å². The molecular formula is C18H22N4O4S. The number of nitrogens with one attached hydrogen (secondary N) is 1. The number of hydrogen-bond acceptors (Lipinski definition) is 6. The van der Waals surface area contributed by atoms with Crippen LogP contribution in [-0.2, 0) is 14.8 Å². The fraction of sp³-hybridized carbons (Fsp3) is 0.389. The molecule has 0 saturated carbocycles. The van der Waals surface area contributed by atoms with Crippen LogP contribution in [0.2, 0.25) is 0 Å². The number of piperidine rings is 1. The summed E-state index contributed by atoms with van der Waals surface area (Å²) in [6, 6.07) is 6.49. The van der Waals surface area contributed by atoms with Crippen LogP contribution in [0.4, 0.5) is 5.69 Å². The van der Waals surface area contributed by atoms with Gasteiger partial charge in [0.15, 0.2) is 0 Å². The van der Waals surface area contributed by atoms with E-state index in [9.17, 15) is 13.2 Å². The summed E-state index contributed by atoms with van der Waals surface area (Å²) in [7, 11) is -3.59. The number of carbonyl (C=O) groups excluding carboxylic acids is 1. The van der Waals surface area contributed by atoms with Gasteiger partial charge in [-0.05, 0) is 43.5 Å². The van der Waals surface area contributed by atoms with E-state index in [0.717, 1.165) is 0 Å². The van der Waals surface area contributed by atoms with Crippen LogP contribution in [0.1, 0.15) is 25.3 Å². The van der Waals surface area contributed by atoms with Gasteiger partial charge in [0, 0.05) is 38.0 Å². The maximum atomic E-state index is 13.0. The lowest BCUT2D eigenvalue weighted by molar-refractivity contribution is -0.114. The Morgan fingerprint density at radius 3 is 2.59 bits per heavy atom. The van der Waals surface area contributed by atoms with E-state index < -0.39 is 10.0 Å². The Morgan fingerprint density at radius 2 is 2.00 bits per heavy atom. The summed E-state index contributed by atoms with van der Waals surface area (Å²) in [5, 5.41) is 2.66. The Morgan fingerprint density at radius 1 is 1.26 bits per heavy atom. The average molecular weight is 390 g/mol. The van der Waals surface area contributed by atoms with E-state index in [2.05, 4.69) is 15.3 Å². The Labute approximate surface area is 158 Å². The highest BCUT2D eigenvalue weighted by Crippen LogP contribution is 2.26. The van der Waals surface area contributed by atoms with E-state index in [1.165, 1.54) is 17.6 Å². The minimum Gasteiger partial charge on any atom is -0.474 e. The zero-order valence-electron chi connectivity index (χ0n) is 15.3. The second-order valence-corrected chi connectivity index (χ2v) is 8.34. The molecule has 0 atom stereocenters. The van der Waals surface area contributed by atoms with Crippen molar-refractivity contribution < 1.29 is 17.9 Å². The summed E-state index contributed by atoms with van der Waals surface area (Å²) in [6.45, 7) is 3.90. The molecule has 3 rings (SSSR count). The lowest BCUT2D eigenvalue weighted by Gasteiger charge is -2.31. The number of aryl methyl sites for hydroxylation is 1. The van der Waals surface area contributed by atoms with Crippen molar-refractivity contribution in [1.29, 1.82) is 0 Å². The number of nitrogens with zero attached hydrogens (tertiary/aromatic N) is 3. The van der Waals surface area contributed by atoms with Crippen LogP contribution in [0, 0.1) is 6.92 Å². The van der Waals surface area contributed by atoms with Crippen molar-refractivity contribution in [2.24, 2.45) is 0 Å². The highest BCUT2D eigenvalue weighted by Gasteiger charge is 2.31. The molecule has 0 unspecified atom stereocenters. The fourth-order valence-corrected chi connectivity index (χ4v) is 4.74. The van der Waals surface area contributed by atoms with Crippen LogP contribution in [0.5, 0.6) is 5.88 Å². The predicted molar refractivity (Wildman–Crippen MR) is 99.9 cm³/mol. The Bertz CT molecular complexity index is 910. The van der Waals surface area contributed by atoms with Crippen LogP contribution < -0.4 is 10.1 Å². The Hall–Kier alpha value is -2.52. The maximum absolute atomic E-state index is 13.0. The van der Waals surface area contributed by atoms with Gasteiger partial charge in [-0.15, -0.1) is 0 Å². The number of carbonyl (C=O) groups is 1. The number of hydrogen-bond donors (Lipinski definition) is 1. The summed E-state index contributed by atoms with van der Waals surface area (Å²) in [6.07, 6.45) is 4.13. The molecule has 2 heterocycles. The van der Waals surface area contributed by atoms with E-state index in [1.807, 2.05) is 0 Å². The first-order valence-corrected chi connectivity index (χ1v) is 10.1. The molecule has 1 aromatic carbocycles. The lowest BCUT2D eigenvalue weighted by atomic mass is 10.1. The number of ether oxygens (including phenoxy) is 1. The molecule has 0 aliphatic carbocycles. The second kappa shape index (κ2) is 8.01. The highest BCUT2D eigenvalue weighted by atomic mass is 32.2. The molecular weight excluding hydrogens is 368 g/mol. The first-order chi connectivity index (χ1) is 12.9. The van der Waals surface area contributed by atoms with E-state index in [1.54, 1.807) is 37.4 Å². The molecule has 1 fully saturated rings. The molecule has 1 aromatic heterocycles. The summed E-state index contributed by atoms with van der Waals surface area (Å²) < 4.78 is 33.2. The largest absolute Gasteiger partial charge is 0.474 e. The summed E-state index contributed by atoms with van der Waals surface area (Å²) in [5.74, 6) is 0.298. The van der Waals surface area contributed by atoms with Gasteiger partial charge in [-0.25, -0.2) is 18.4 Å². The number of rotatable bonds is 5. The van der Waals surface area contributed by atoms with Gasteiger partial charge in [-0.1, -0.05) is 0 Å². The van der Waals surface area contributed by atoms with Crippen molar-refractivity contribution in [3.63, 3.8) is 0 Å². The molecule has 27 heavy (non-hydrogen) atoms. The standard InChI is InChI=1S/C18H22N4O4S/c1-13-11-15(21-14(2)23)3-4-17(13)27(24,25)22-9-6-16(7-10-22)26-18-5-8-19-12-20-18/h3-5,8,11-12,16H,6-7,9-10H2,1-2H3,(H,21,23). The smallest absolute Gasteiger partial charge is 0.243 e. The first-order valence-electron chi connectivity index (χ1n) is 8.67. The normalized spacial score (nSPS) is 16.1. The third kappa shape index (κ3) is 4.61. The second-order valence-electron chi connectivity index (χ2n) is 6.43. The summed E-state index contributed by atoms with van der Waals surface area (Å²) in [4.78, 5) is 19.3. The predicted octanol–water partition coefficient (Wildman–Crippen LogP) is 1.98. The van der Waals surface area contributed by atoms with Crippen LogP contribution in [-0.4, -0.2) is 47.8 Å². The molecule has 1 amide bonds. The van der Waals surface area contributed by atoms with Crippen molar-refractivity contribution in [1.82, 2.24) is 14.3 Å². The molecule has 1 saturated heterocycles. The molecule has 1 aliphatic rings. The molecule has 8 nitrogen and oxygen atoms in total. The van der Waals surface area contributed by atoms with Crippen LogP contribution in [0.3, 0.4) is 0 Å². The Kier molecular flexibility index (Phi) is 5.71. The minimum absolute atomic E-state index is 0.0745. The first kappa shape index (κ1) is 19.2. The van der Waals surface area contributed by atoms with Gasteiger partial charge >= 0.3 is 0 Å². The average Bonchev–Trinajstić information content (AvgIpc) is 2.62. The molecule has 9 heteroatoms. The number of sulfonamides is 1. The van der Waals surface area contributed by atoms with Crippen LogP contribution >= 0.6 is 0 Å². The molecule has 144 valence electrons. The van der Waals surface area contributed by atoms with Crippen LogP contribution in [0.15, 0.2) is 41.7 Å². The van der Waals surface area contributed by atoms with Crippen molar-refractivity contribution in [2.45, 2.75) is 37.7 Å². The van der Waals surface area contributed by atoms with Gasteiger partial charge in [0.1, 0.15) is 12.4 Å². The van der Waals surface area contributed by atoms with Gasteiger partial charge in [0.2, 0.25) is 21.8 Å². The summed E-state index contributed by atoms with van der Waals surface area (Å²) in [5.41, 5.74) is 1.18. The van der Waals surface area contributed by atoms with Crippen molar-refractivity contribution in [3.05, 3.63) is 42.4 Å². The third-order valence-corrected chi connectivity index (χ3v) is 6.42. The van der Waals surface area contributed by atoms with Gasteiger partial charge in [-0.3, -0.25) is 4.79 Å². The van der Waals surface area contributed by atoms with Crippen molar-refractivity contribution in [3.8, 4) is 5.88 Å². The van der Waals surface area contributed by atoms with E-state index in [0.29, 0.717) is 43.1 Å². The third-order valence-electron chi connectivity index (χ3n) is 4.36. The topological polar surface area (TPSA) is 101 Å². The number of benzene rings is 1. The van der Waals surface area contributed by atoms with Gasteiger partial charge < -0.3 is 10.1 Å². The van der Waals surface area contributed by atoms with E-state index >= 15 is 0 Å². The lowest BCUT2D eigenvalue weighted by Crippen LogP contribution is -2.42.